The van der Waals surface area contributed by atoms with E-state index in [1.165, 1.54) is 17.2 Å². The van der Waals surface area contributed by atoms with Crippen LogP contribution in [0, 0.1) is 16.0 Å². The molecule has 0 radical (unpaired) electrons. The molecule has 150 valence electrons. The quantitative estimate of drug-likeness (QED) is 0.434. The molecule has 2 aliphatic heterocycles. The third kappa shape index (κ3) is 3.14. The summed E-state index contributed by atoms with van der Waals surface area (Å²) in [6.07, 6.45) is -0.931. The molecule has 0 aromatic heterocycles. The van der Waals surface area contributed by atoms with Crippen molar-refractivity contribution in [2.45, 2.75) is 19.1 Å². The Labute approximate surface area is 166 Å². The van der Waals surface area contributed by atoms with Crippen LogP contribution in [0.3, 0.4) is 0 Å². The van der Waals surface area contributed by atoms with Crippen molar-refractivity contribution in [3.8, 4) is 5.75 Å². The fourth-order valence-electron chi connectivity index (χ4n) is 3.87. The highest BCUT2D eigenvalue weighted by Crippen LogP contribution is 2.45. The number of ether oxygens (including phenoxy) is 1. The number of amides is 2. The summed E-state index contributed by atoms with van der Waals surface area (Å²) in [5, 5.41) is 12.4. The summed E-state index contributed by atoms with van der Waals surface area (Å²) in [7, 11) is 1.65. The maximum Gasteiger partial charge on any atom is 0.269 e. The summed E-state index contributed by atoms with van der Waals surface area (Å²) in [6.45, 7) is 2.39. The molecule has 3 atom stereocenters. The molecule has 9 nitrogen and oxygen atoms in total. The van der Waals surface area contributed by atoms with Gasteiger partial charge in [-0.1, -0.05) is 12.1 Å². The standard InChI is InChI=1S/C20H19N3O6/c1-3-28-15-10-8-13(9-11-15)22-19(24)16-17(21(2)29-18(16)20(22)25)12-4-6-14(7-5-12)23(26)27/h4-11,16-18H,3H2,1-2H3/t16-,17-,18+/m1/s1. The lowest BCUT2D eigenvalue weighted by Gasteiger charge is -2.24. The SMILES string of the molecule is CCOc1ccc(N2C(=O)[C@H]3[C@H](ON(C)[C@@H]3c3ccc([N+](=O)[O-])cc3)C2=O)cc1. The van der Waals surface area contributed by atoms with Crippen LogP contribution in [0.5, 0.6) is 5.75 Å². The van der Waals surface area contributed by atoms with E-state index in [2.05, 4.69) is 0 Å². The second-order valence-electron chi connectivity index (χ2n) is 6.83. The molecule has 0 unspecified atom stereocenters. The van der Waals surface area contributed by atoms with Gasteiger partial charge < -0.3 is 4.74 Å². The molecule has 2 fully saturated rings. The highest BCUT2D eigenvalue weighted by Gasteiger charge is 2.59. The molecule has 0 bridgehead atoms. The lowest BCUT2D eigenvalue weighted by atomic mass is 9.91. The number of hydrogen-bond acceptors (Lipinski definition) is 7. The minimum atomic E-state index is -0.931. The zero-order chi connectivity index (χ0) is 20.7. The number of benzene rings is 2. The number of nitrogens with zero attached hydrogens (tertiary/aromatic N) is 3. The zero-order valence-electron chi connectivity index (χ0n) is 15.8. The number of non-ortho nitro benzene ring substituents is 1. The van der Waals surface area contributed by atoms with Crippen molar-refractivity contribution in [1.82, 2.24) is 5.06 Å². The van der Waals surface area contributed by atoms with Gasteiger partial charge in [0.25, 0.3) is 11.6 Å². The van der Waals surface area contributed by atoms with Gasteiger partial charge in [-0.3, -0.25) is 24.5 Å². The third-order valence-electron chi connectivity index (χ3n) is 5.16. The first-order valence-electron chi connectivity index (χ1n) is 9.17. The van der Waals surface area contributed by atoms with E-state index in [0.717, 1.165) is 4.90 Å². The van der Waals surface area contributed by atoms with Crippen LogP contribution >= 0.6 is 0 Å². The van der Waals surface area contributed by atoms with Crippen LogP contribution in [-0.4, -0.2) is 41.6 Å². The Morgan fingerprint density at radius 2 is 1.72 bits per heavy atom. The molecule has 0 saturated carbocycles. The summed E-state index contributed by atoms with van der Waals surface area (Å²) >= 11 is 0. The molecular weight excluding hydrogens is 378 g/mol. The molecule has 2 amide bonds. The van der Waals surface area contributed by atoms with Crippen LogP contribution < -0.4 is 9.64 Å². The number of hydroxylamine groups is 2. The van der Waals surface area contributed by atoms with E-state index in [1.807, 2.05) is 6.92 Å². The molecule has 2 saturated heterocycles. The number of anilines is 1. The fraction of sp³-hybridized carbons (Fsp3) is 0.300. The monoisotopic (exact) mass is 397 g/mol. The van der Waals surface area contributed by atoms with Gasteiger partial charge in [0.15, 0.2) is 6.10 Å². The lowest BCUT2D eigenvalue weighted by Crippen LogP contribution is -2.36. The van der Waals surface area contributed by atoms with Gasteiger partial charge >= 0.3 is 0 Å². The molecule has 29 heavy (non-hydrogen) atoms. The summed E-state index contributed by atoms with van der Waals surface area (Å²) in [4.78, 5) is 43.3. The average Bonchev–Trinajstić information content (AvgIpc) is 3.17. The van der Waals surface area contributed by atoms with Crippen LogP contribution in [-0.2, 0) is 14.4 Å². The summed E-state index contributed by atoms with van der Waals surface area (Å²) < 4.78 is 5.40. The number of nitro benzene ring substituents is 1. The number of rotatable bonds is 5. The molecule has 0 N–H and O–H groups in total. The Morgan fingerprint density at radius 3 is 2.31 bits per heavy atom. The van der Waals surface area contributed by atoms with E-state index in [9.17, 15) is 19.7 Å². The number of nitro groups is 1. The molecule has 2 aromatic rings. The van der Waals surface area contributed by atoms with Gasteiger partial charge in [0.1, 0.15) is 5.75 Å². The van der Waals surface area contributed by atoms with Gasteiger partial charge in [0, 0.05) is 19.2 Å². The van der Waals surface area contributed by atoms with Crippen molar-refractivity contribution in [1.29, 1.82) is 0 Å². The minimum absolute atomic E-state index is 0.0447. The van der Waals surface area contributed by atoms with Crippen molar-refractivity contribution < 1.29 is 24.1 Å². The third-order valence-corrected chi connectivity index (χ3v) is 5.16. The minimum Gasteiger partial charge on any atom is -0.494 e. The number of carbonyl (C=O) groups excluding carboxylic acids is 2. The van der Waals surface area contributed by atoms with Crippen molar-refractivity contribution in [2.24, 2.45) is 5.92 Å². The summed E-state index contributed by atoms with van der Waals surface area (Å²) in [5.74, 6) is -0.881. The van der Waals surface area contributed by atoms with E-state index in [4.69, 9.17) is 9.57 Å². The number of carbonyl (C=O) groups is 2. The van der Waals surface area contributed by atoms with Crippen LogP contribution in [0.1, 0.15) is 18.5 Å². The van der Waals surface area contributed by atoms with Crippen molar-refractivity contribution in [3.63, 3.8) is 0 Å². The van der Waals surface area contributed by atoms with Gasteiger partial charge in [-0.25, -0.2) is 4.90 Å². The second-order valence-corrected chi connectivity index (χ2v) is 6.83. The average molecular weight is 397 g/mol. The number of hydrogen-bond donors (Lipinski definition) is 0. The first-order chi connectivity index (χ1) is 13.9. The molecule has 2 aromatic carbocycles. The fourth-order valence-corrected chi connectivity index (χ4v) is 3.87. The Bertz CT molecular complexity index is 959. The lowest BCUT2D eigenvalue weighted by molar-refractivity contribution is -0.384. The normalized spacial score (nSPS) is 24.1. The van der Waals surface area contributed by atoms with E-state index in [0.29, 0.717) is 23.6 Å². The Morgan fingerprint density at radius 1 is 1.07 bits per heavy atom. The molecule has 2 heterocycles. The van der Waals surface area contributed by atoms with Crippen molar-refractivity contribution >= 4 is 23.2 Å². The van der Waals surface area contributed by atoms with E-state index >= 15 is 0 Å². The van der Waals surface area contributed by atoms with Gasteiger partial charge in [0.05, 0.1) is 29.2 Å². The Kier molecular flexibility index (Phi) is 4.77. The van der Waals surface area contributed by atoms with Crippen molar-refractivity contribution in [3.05, 3.63) is 64.2 Å². The molecule has 0 aliphatic carbocycles. The first-order valence-corrected chi connectivity index (χ1v) is 9.17. The van der Waals surface area contributed by atoms with Gasteiger partial charge in [-0.2, -0.15) is 5.06 Å². The van der Waals surface area contributed by atoms with E-state index in [1.54, 1.807) is 43.4 Å². The van der Waals surface area contributed by atoms with E-state index in [-0.39, 0.29) is 11.6 Å². The zero-order valence-corrected chi connectivity index (χ0v) is 15.8. The van der Waals surface area contributed by atoms with Gasteiger partial charge in [0.2, 0.25) is 5.91 Å². The predicted octanol–water partition coefficient (Wildman–Crippen LogP) is 2.47. The largest absolute Gasteiger partial charge is 0.494 e. The Balaban J connectivity index is 1.63. The second kappa shape index (κ2) is 7.26. The highest BCUT2D eigenvalue weighted by molar-refractivity contribution is 6.23. The predicted molar refractivity (Wildman–Crippen MR) is 102 cm³/mol. The number of imide groups is 1. The van der Waals surface area contributed by atoms with E-state index < -0.39 is 28.9 Å². The maximum atomic E-state index is 13.2. The number of fused-ring (bicyclic) bond motifs is 1. The van der Waals surface area contributed by atoms with Crippen LogP contribution in [0.25, 0.3) is 0 Å². The van der Waals surface area contributed by atoms with Gasteiger partial charge in [-0.15, -0.1) is 0 Å². The Hall–Kier alpha value is -3.30. The molecule has 0 spiro atoms. The molecule has 4 rings (SSSR count). The molecule has 9 heteroatoms. The first kappa shape index (κ1) is 19.0. The van der Waals surface area contributed by atoms with Crippen molar-refractivity contribution in [2.75, 3.05) is 18.6 Å². The molecular formula is C20H19N3O6. The molecule has 2 aliphatic rings. The maximum absolute atomic E-state index is 13.2. The smallest absolute Gasteiger partial charge is 0.269 e. The highest BCUT2D eigenvalue weighted by atomic mass is 16.7. The topological polar surface area (TPSA) is 102 Å². The van der Waals surface area contributed by atoms with Gasteiger partial charge in [-0.05, 0) is 36.8 Å². The van der Waals surface area contributed by atoms with Crippen LogP contribution in [0.2, 0.25) is 0 Å². The summed E-state index contributed by atoms with van der Waals surface area (Å²) in [5.41, 5.74) is 1.07. The summed E-state index contributed by atoms with van der Waals surface area (Å²) in [6, 6.07) is 12.1. The van der Waals surface area contributed by atoms with Crippen LogP contribution in [0.4, 0.5) is 11.4 Å². The van der Waals surface area contributed by atoms with Crippen LogP contribution in [0.15, 0.2) is 48.5 Å².